The number of anilines is 1. The highest BCUT2D eigenvalue weighted by Crippen LogP contribution is 2.33. The number of ether oxygens (including phenoxy) is 1. The lowest BCUT2D eigenvalue weighted by Gasteiger charge is -2.23. The number of halogens is 4. The fourth-order valence-electron chi connectivity index (χ4n) is 2.04. The summed E-state index contributed by atoms with van der Waals surface area (Å²) in [5.74, 6) is -0.540. The lowest BCUT2D eigenvalue weighted by Crippen LogP contribution is -2.45. The van der Waals surface area contributed by atoms with E-state index in [9.17, 15) is 23.1 Å². The predicted molar refractivity (Wildman–Crippen MR) is 95.0 cm³/mol. The first-order chi connectivity index (χ1) is 12.5. The largest absolute Gasteiger partial charge is 0.490 e. The highest BCUT2D eigenvalue weighted by Gasteiger charge is 2.35. The smallest absolute Gasteiger partial charge is 0.417 e. The Morgan fingerprint density at radius 3 is 2.44 bits per heavy atom. The molecule has 2 rings (SSSR count). The van der Waals surface area contributed by atoms with Crippen molar-refractivity contribution in [3.8, 4) is 11.8 Å². The molecule has 0 spiro atoms. The maximum atomic E-state index is 13.0. The van der Waals surface area contributed by atoms with Crippen LogP contribution < -0.4 is 10.1 Å². The van der Waals surface area contributed by atoms with E-state index in [0.717, 1.165) is 16.6 Å². The van der Waals surface area contributed by atoms with Gasteiger partial charge in [0.1, 0.15) is 12.4 Å². The highest BCUT2D eigenvalue weighted by molar-refractivity contribution is 9.10. The minimum absolute atomic E-state index is 0.199. The second kappa shape index (κ2) is 7.98. The van der Waals surface area contributed by atoms with E-state index in [1.807, 2.05) is 0 Å². The molecule has 0 fully saturated rings. The van der Waals surface area contributed by atoms with E-state index in [4.69, 9.17) is 10.00 Å². The molecule has 5 nitrogen and oxygen atoms in total. The number of hydrogen-bond acceptors (Lipinski definition) is 4. The Morgan fingerprint density at radius 1 is 1.26 bits per heavy atom. The van der Waals surface area contributed by atoms with Gasteiger partial charge in [0, 0.05) is 10.2 Å². The third-order valence-electron chi connectivity index (χ3n) is 3.53. The zero-order valence-corrected chi connectivity index (χ0v) is 15.6. The fraction of sp³-hybridized carbons (Fsp3) is 0.222. The average molecular weight is 443 g/mol. The summed E-state index contributed by atoms with van der Waals surface area (Å²) in [6, 6.07) is 10.8. The van der Waals surface area contributed by atoms with Crippen molar-refractivity contribution >= 4 is 27.5 Å². The van der Waals surface area contributed by atoms with Crippen molar-refractivity contribution < 1.29 is 27.8 Å². The van der Waals surface area contributed by atoms with Crippen molar-refractivity contribution in [2.24, 2.45) is 0 Å². The van der Waals surface area contributed by atoms with Gasteiger partial charge in [-0.1, -0.05) is 15.9 Å². The van der Waals surface area contributed by atoms with Gasteiger partial charge in [-0.2, -0.15) is 18.4 Å². The number of amides is 1. The minimum atomic E-state index is -4.75. The van der Waals surface area contributed by atoms with E-state index < -0.39 is 35.4 Å². The zero-order chi connectivity index (χ0) is 20.2. The summed E-state index contributed by atoms with van der Waals surface area (Å²) >= 11 is 3.26. The number of nitrogens with zero attached hydrogens (tertiary/aromatic N) is 1. The molecule has 2 aromatic carbocycles. The summed E-state index contributed by atoms with van der Waals surface area (Å²) < 4.78 is 45.1. The monoisotopic (exact) mass is 442 g/mol. The molecular formula is C18H14BrF3N2O3. The van der Waals surface area contributed by atoms with Crippen LogP contribution in [-0.4, -0.2) is 23.2 Å². The van der Waals surface area contributed by atoms with Gasteiger partial charge < -0.3 is 15.2 Å². The second-order valence-electron chi connectivity index (χ2n) is 5.84. The maximum absolute atomic E-state index is 13.0. The summed E-state index contributed by atoms with van der Waals surface area (Å²) in [5.41, 5.74) is -3.94. The van der Waals surface area contributed by atoms with Gasteiger partial charge in [0.15, 0.2) is 5.60 Å². The normalized spacial score (nSPS) is 13.4. The lowest BCUT2D eigenvalue weighted by atomic mass is 10.1. The average Bonchev–Trinajstić information content (AvgIpc) is 2.60. The molecule has 0 aliphatic rings. The fourth-order valence-corrected chi connectivity index (χ4v) is 2.30. The standard InChI is InChI=1S/C18H14BrF3N2O3/c1-17(26,10-27-14-6-3-12(19)4-7-14)16(25)24-13-5-2-11(9-23)15(8-13)18(20,21)22/h2-8,26H,10H2,1H3,(H,24,25)/t17-/m0/s1. The van der Waals surface area contributed by atoms with Crippen LogP contribution in [0.4, 0.5) is 18.9 Å². The van der Waals surface area contributed by atoms with E-state index >= 15 is 0 Å². The van der Waals surface area contributed by atoms with Crippen LogP contribution in [0, 0.1) is 11.3 Å². The van der Waals surface area contributed by atoms with Crippen LogP contribution in [0.3, 0.4) is 0 Å². The van der Waals surface area contributed by atoms with Crippen LogP contribution in [0.1, 0.15) is 18.1 Å². The Bertz CT molecular complexity index is 875. The van der Waals surface area contributed by atoms with Crippen LogP contribution in [0.5, 0.6) is 5.75 Å². The molecule has 27 heavy (non-hydrogen) atoms. The highest BCUT2D eigenvalue weighted by atomic mass is 79.9. The van der Waals surface area contributed by atoms with E-state index in [1.54, 1.807) is 24.3 Å². The number of benzene rings is 2. The van der Waals surface area contributed by atoms with Crippen molar-refractivity contribution in [2.75, 3.05) is 11.9 Å². The molecular weight excluding hydrogens is 429 g/mol. The van der Waals surface area contributed by atoms with Crippen LogP contribution in [0.15, 0.2) is 46.9 Å². The number of alkyl halides is 3. The number of nitrogens with one attached hydrogen (secondary N) is 1. The molecule has 2 aromatic rings. The van der Waals surface area contributed by atoms with Crippen LogP contribution >= 0.6 is 15.9 Å². The van der Waals surface area contributed by atoms with Gasteiger partial charge in [-0.15, -0.1) is 0 Å². The van der Waals surface area contributed by atoms with Crippen molar-refractivity contribution in [2.45, 2.75) is 18.7 Å². The molecule has 2 N–H and O–H groups in total. The molecule has 0 saturated heterocycles. The van der Waals surface area contributed by atoms with Gasteiger partial charge in [0.25, 0.3) is 5.91 Å². The van der Waals surface area contributed by atoms with E-state index in [-0.39, 0.29) is 5.69 Å². The molecule has 0 unspecified atom stereocenters. The number of hydrogen-bond donors (Lipinski definition) is 2. The molecule has 9 heteroatoms. The molecule has 0 saturated carbocycles. The van der Waals surface area contributed by atoms with Crippen molar-refractivity contribution in [3.63, 3.8) is 0 Å². The summed E-state index contributed by atoms with van der Waals surface area (Å²) in [6.07, 6.45) is -4.75. The number of aliphatic hydroxyl groups is 1. The van der Waals surface area contributed by atoms with Crippen molar-refractivity contribution in [1.29, 1.82) is 5.26 Å². The molecule has 1 atom stereocenters. The summed E-state index contributed by atoms with van der Waals surface area (Å²) in [7, 11) is 0. The van der Waals surface area contributed by atoms with Crippen LogP contribution in [0.25, 0.3) is 0 Å². The van der Waals surface area contributed by atoms with Crippen molar-refractivity contribution in [1.82, 2.24) is 0 Å². The third-order valence-corrected chi connectivity index (χ3v) is 4.05. The maximum Gasteiger partial charge on any atom is 0.417 e. The first-order valence-corrected chi connectivity index (χ1v) is 8.36. The van der Waals surface area contributed by atoms with Crippen molar-refractivity contribution in [3.05, 3.63) is 58.1 Å². The Morgan fingerprint density at radius 2 is 1.89 bits per heavy atom. The minimum Gasteiger partial charge on any atom is -0.490 e. The van der Waals surface area contributed by atoms with Gasteiger partial charge in [-0.25, -0.2) is 0 Å². The second-order valence-corrected chi connectivity index (χ2v) is 6.76. The Balaban J connectivity index is 2.11. The first-order valence-electron chi connectivity index (χ1n) is 7.56. The molecule has 0 aliphatic carbocycles. The number of rotatable bonds is 5. The number of nitriles is 1. The quantitative estimate of drug-likeness (QED) is 0.729. The SMILES string of the molecule is C[C@](O)(COc1ccc(Br)cc1)C(=O)Nc1ccc(C#N)c(C(F)(F)F)c1. The van der Waals surface area contributed by atoms with E-state index in [2.05, 4.69) is 21.2 Å². The molecule has 0 aromatic heterocycles. The van der Waals surface area contributed by atoms with Gasteiger partial charge >= 0.3 is 6.18 Å². The molecule has 1 amide bonds. The summed E-state index contributed by atoms with van der Waals surface area (Å²) in [6.45, 7) is 0.762. The molecule has 0 bridgehead atoms. The number of carbonyl (C=O) groups is 1. The Kier molecular flexibility index (Phi) is 6.13. The van der Waals surface area contributed by atoms with E-state index in [0.29, 0.717) is 11.8 Å². The lowest BCUT2D eigenvalue weighted by molar-refractivity contribution is -0.138. The predicted octanol–water partition coefficient (Wildman–Crippen LogP) is 4.11. The third kappa shape index (κ3) is 5.45. The molecule has 0 heterocycles. The van der Waals surface area contributed by atoms with Crippen LogP contribution in [0.2, 0.25) is 0 Å². The summed E-state index contributed by atoms with van der Waals surface area (Å²) in [5, 5.41) is 21.3. The Labute approximate surface area is 161 Å². The topological polar surface area (TPSA) is 82.3 Å². The zero-order valence-electron chi connectivity index (χ0n) is 14.0. The first kappa shape index (κ1) is 20.7. The summed E-state index contributed by atoms with van der Waals surface area (Å²) in [4.78, 5) is 12.2. The number of carbonyl (C=O) groups excluding carboxylic acids is 1. The van der Waals surface area contributed by atoms with E-state index in [1.165, 1.54) is 13.0 Å². The van der Waals surface area contributed by atoms with Gasteiger partial charge in [0.2, 0.25) is 0 Å². The van der Waals surface area contributed by atoms with Crippen LogP contribution in [-0.2, 0) is 11.0 Å². The molecule has 0 radical (unpaired) electrons. The van der Waals surface area contributed by atoms with Gasteiger partial charge in [0.05, 0.1) is 17.2 Å². The Hall–Kier alpha value is -2.57. The molecule has 142 valence electrons. The van der Waals surface area contributed by atoms with Gasteiger partial charge in [-0.3, -0.25) is 4.79 Å². The molecule has 0 aliphatic heterocycles. The van der Waals surface area contributed by atoms with Gasteiger partial charge in [-0.05, 0) is 49.4 Å².